The molecule has 2 N–H and O–H groups in total. The number of nitrogen functional groups attached to an aromatic ring is 1. The summed E-state index contributed by atoms with van der Waals surface area (Å²) in [5, 5.41) is 0. The topological polar surface area (TPSA) is 61.6 Å². The molecular weight excluding hydrogens is 343 g/mol. The minimum atomic E-state index is -4.37. The summed E-state index contributed by atoms with van der Waals surface area (Å²) in [5.41, 5.74) is 6.20. The van der Waals surface area contributed by atoms with Gasteiger partial charge in [0.25, 0.3) is 0 Å². The van der Waals surface area contributed by atoms with Gasteiger partial charge in [0.15, 0.2) is 11.5 Å². The van der Waals surface area contributed by atoms with Crippen LogP contribution in [0.15, 0.2) is 16.6 Å². The summed E-state index contributed by atoms with van der Waals surface area (Å²) in [7, 11) is 0. The Balaban J connectivity index is 2.62. The van der Waals surface area contributed by atoms with Crippen molar-refractivity contribution < 1.29 is 27.4 Å². The third kappa shape index (κ3) is 5.38. The van der Waals surface area contributed by atoms with E-state index < -0.39 is 12.8 Å². The maximum Gasteiger partial charge on any atom is 0.411 e. The van der Waals surface area contributed by atoms with Crippen molar-refractivity contribution in [1.29, 1.82) is 0 Å². The van der Waals surface area contributed by atoms with Crippen LogP contribution in [0.25, 0.3) is 0 Å². The first-order chi connectivity index (χ1) is 9.20. The molecule has 0 saturated carbocycles. The molecule has 0 aromatic heterocycles. The molecule has 0 saturated heterocycles. The number of anilines is 1. The summed E-state index contributed by atoms with van der Waals surface area (Å²) in [6.07, 6.45) is -4.37. The summed E-state index contributed by atoms with van der Waals surface area (Å²) in [4.78, 5) is 11.5. The fourth-order valence-corrected chi connectivity index (χ4v) is 1.90. The number of halogens is 4. The smallest absolute Gasteiger partial charge is 0.411 e. The largest absolute Gasteiger partial charge is 0.488 e. The number of alkyl halides is 3. The molecule has 0 aliphatic rings. The maximum atomic E-state index is 11.8. The van der Waals surface area contributed by atoms with Gasteiger partial charge in [-0.1, -0.05) is 15.9 Å². The van der Waals surface area contributed by atoms with Crippen molar-refractivity contribution in [1.82, 2.24) is 0 Å². The van der Waals surface area contributed by atoms with E-state index in [2.05, 4.69) is 20.7 Å². The van der Waals surface area contributed by atoms with Crippen molar-refractivity contribution >= 4 is 27.4 Å². The Bertz CT molecular complexity index is 492. The van der Waals surface area contributed by atoms with Gasteiger partial charge in [0.1, 0.15) is 13.2 Å². The molecule has 8 heteroatoms. The van der Waals surface area contributed by atoms with Crippen LogP contribution < -0.4 is 10.5 Å². The van der Waals surface area contributed by atoms with Gasteiger partial charge in [0.2, 0.25) is 0 Å². The van der Waals surface area contributed by atoms with Crippen LogP contribution >= 0.6 is 15.9 Å². The molecule has 0 atom stereocenters. The lowest BCUT2D eigenvalue weighted by Gasteiger charge is -2.13. The highest BCUT2D eigenvalue weighted by atomic mass is 79.9. The third-order valence-electron chi connectivity index (χ3n) is 2.20. The maximum absolute atomic E-state index is 11.8. The highest BCUT2D eigenvalue weighted by Gasteiger charge is 2.27. The van der Waals surface area contributed by atoms with E-state index in [4.69, 9.17) is 10.5 Å². The molecule has 112 valence electrons. The summed E-state index contributed by atoms with van der Waals surface area (Å²) in [5.74, 6) is -0.111. The first-order valence-electron chi connectivity index (χ1n) is 5.58. The van der Waals surface area contributed by atoms with Gasteiger partial charge in [0, 0.05) is 4.47 Å². The molecular formula is C12H13BrF3NO3. The average molecular weight is 356 g/mol. The van der Waals surface area contributed by atoms with Crippen LogP contribution in [0.3, 0.4) is 0 Å². The molecule has 20 heavy (non-hydrogen) atoms. The number of nitrogens with two attached hydrogens (primary N) is 1. The van der Waals surface area contributed by atoms with Crippen molar-refractivity contribution in [2.45, 2.75) is 13.1 Å². The summed E-state index contributed by atoms with van der Waals surface area (Å²) >= 11 is 3.19. The molecule has 1 aromatic rings. The second kappa shape index (κ2) is 6.94. The van der Waals surface area contributed by atoms with E-state index in [-0.39, 0.29) is 36.0 Å². The van der Waals surface area contributed by atoms with Crippen molar-refractivity contribution in [3.8, 4) is 5.75 Å². The number of ether oxygens (including phenoxy) is 2. The highest BCUT2D eigenvalue weighted by Crippen LogP contribution is 2.31. The number of benzene rings is 1. The van der Waals surface area contributed by atoms with Crippen molar-refractivity contribution in [3.05, 3.63) is 22.2 Å². The van der Waals surface area contributed by atoms with E-state index in [1.807, 2.05) is 0 Å². The van der Waals surface area contributed by atoms with Gasteiger partial charge in [-0.05, 0) is 19.1 Å². The Morgan fingerprint density at radius 2 is 2.00 bits per heavy atom. The van der Waals surface area contributed by atoms with E-state index in [9.17, 15) is 18.0 Å². The van der Waals surface area contributed by atoms with Crippen LogP contribution in [-0.2, 0) is 4.74 Å². The van der Waals surface area contributed by atoms with Gasteiger partial charge < -0.3 is 15.2 Å². The number of ketones is 1. The number of hydrogen-bond acceptors (Lipinski definition) is 4. The normalized spacial score (nSPS) is 11.4. The summed E-state index contributed by atoms with van der Waals surface area (Å²) in [6, 6.07) is 3.07. The van der Waals surface area contributed by atoms with Gasteiger partial charge in [-0.15, -0.1) is 0 Å². The lowest BCUT2D eigenvalue weighted by molar-refractivity contribution is -0.175. The fraction of sp³-hybridized carbons (Fsp3) is 0.417. The number of carbonyl (C=O) groups is 1. The van der Waals surface area contributed by atoms with E-state index in [0.29, 0.717) is 4.47 Å². The first-order valence-corrected chi connectivity index (χ1v) is 6.37. The van der Waals surface area contributed by atoms with Crippen LogP contribution in [0.1, 0.15) is 17.3 Å². The first kappa shape index (κ1) is 16.8. The van der Waals surface area contributed by atoms with Crippen LogP contribution in [0, 0.1) is 0 Å². The molecule has 4 nitrogen and oxygen atoms in total. The van der Waals surface area contributed by atoms with Gasteiger partial charge in [-0.2, -0.15) is 13.2 Å². The predicted octanol–water partition coefficient (Wildman–Crippen LogP) is 3.19. The number of Topliss-reactive ketones (excluding diaryl/α,β-unsaturated/α-hetero) is 1. The molecule has 0 radical (unpaired) electrons. The number of rotatable bonds is 6. The molecule has 0 aliphatic carbocycles. The number of hydrogen-bond donors (Lipinski definition) is 1. The number of carbonyl (C=O) groups excluding carboxylic acids is 1. The molecule has 0 bridgehead atoms. The summed E-state index contributed by atoms with van der Waals surface area (Å²) in [6.45, 7) is -0.394. The van der Waals surface area contributed by atoms with Crippen molar-refractivity contribution in [2.24, 2.45) is 0 Å². The molecule has 0 heterocycles. The van der Waals surface area contributed by atoms with E-state index in [1.54, 1.807) is 6.07 Å². The second-order valence-electron chi connectivity index (χ2n) is 3.94. The Hall–Kier alpha value is -1.28. The molecule has 1 rings (SSSR count). The van der Waals surface area contributed by atoms with E-state index in [0.717, 1.165) is 0 Å². The Morgan fingerprint density at radius 3 is 2.55 bits per heavy atom. The Labute approximate surface area is 122 Å². The standard InChI is InChI=1S/C12H13BrF3NO3/c1-7(18)9-4-8(13)5-10(17)11(9)20-3-2-19-6-12(14,15)16/h4-5H,2-3,6,17H2,1H3. The third-order valence-corrected chi connectivity index (χ3v) is 2.66. The monoisotopic (exact) mass is 355 g/mol. The van der Waals surface area contributed by atoms with Crippen LogP contribution in [0.2, 0.25) is 0 Å². The van der Waals surface area contributed by atoms with Gasteiger partial charge in [0.05, 0.1) is 17.9 Å². The second-order valence-corrected chi connectivity index (χ2v) is 4.86. The van der Waals surface area contributed by atoms with E-state index in [1.165, 1.54) is 13.0 Å². The average Bonchev–Trinajstić information content (AvgIpc) is 2.28. The minimum absolute atomic E-state index is 0.137. The van der Waals surface area contributed by atoms with Gasteiger partial charge >= 0.3 is 6.18 Å². The van der Waals surface area contributed by atoms with Crippen LogP contribution in [-0.4, -0.2) is 31.8 Å². The van der Waals surface area contributed by atoms with Crippen molar-refractivity contribution in [3.63, 3.8) is 0 Å². The molecule has 0 unspecified atom stereocenters. The Morgan fingerprint density at radius 1 is 1.35 bits per heavy atom. The molecule has 0 spiro atoms. The fourth-order valence-electron chi connectivity index (χ4n) is 1.43. The molecule has 0 fully saturated rings. The molecule has 1 aromatic carbocycles. The lowest BCUT2D eigenvalue weighted by atomic mass is 10.1. The molecule has 0 aliphatic heterocycles. The van der Waals surface area contributed by atoms with Crippen molar-refractivity contribution in [2.75, 3.05) is 25.6 Å². The van der Waals surface area contributed by atoms with Crippen LogP contribution in [0.4, 0.5) is 18.9 Å². The highest BCUT2D eigenvalue weighted by molar-refractivity contribution is 9.10. The zero-order chi connectivity index (χ0) is 15.3. The molecule has 0 amide bonds. The summed E-state index contributed by atoms with van der Waals surface area (Å²) < 4.78 is 45.8. The van der Waals surface area contributed by atoms with Crippen LogP contribution in [0.5, 0.6) is 5.75 Å². The predicted molar refractivity (Wildman–Crippen MR) is 70.9 cm³/mol. The van der Waals surface area contributed by atoms with Gasteiger partial charge in [-0.3, -0.25) is 4.79 Å². The quantitative estimate of drug-likeness (QED) is 0.483. The zero-order valence-electron chi connectivity index (χ0n) is 10.6. The SMILES string of the molecule is CC(=O)c1cc(Br)cc(N)c1OCCOCC(F)(F)F. The lowest BCUT2D eigenvalue weighted by Crippen LogP contribution is -2.19. The minimum Gasteiger partial charge on any atom is -0.488 e. The zero-order valence-corrected chi connectivity index (χ0v) is 12.2. The van der Waals surface area contributed by atoms with E-state index >= 15 is 0 Å². The Kier molecular flexibility index (Phi) is 5.82. The van der Waals surface area contributed by atoms with Gasteiger partial charge in [-0.25, -0.2) is 0 Å².